The molecule has 0 unspecified atom stereocenters. The van der Waals surface area contributed by atoms with Gasteiger partial charge in [0, 0.05) is 35.5 Å². The minimum atomic E-state index is -0.0903. The molecule has 142 valence electrons. The van der Waals surface area contributed by atoms with Crippen LogP contribution < -0.4 is 4.90 Å². The number of benzene rings is 2. The van der Waals surface area contributed by atoms with Gasteiger partial charge in [-0.2, -0.15) is 0 Å². The van der Waals surface area contributed by atoms with E-state index in [-0.39, 0.29) is 5.91 Å². The van der Waals surface area contributed by atoms with Gasteiger partial charge in [-0.05, 0) is 50.5 Å². The van der Waals surface area contributed by atoms with Crippen molar-refractivity contribution in [2.45, 2.75) is 0 Å². The van der Waals surface area contributed by atoms with Gasteiger partial charge in [-0.25, -0.2) is 4.98 Å². The van der Waals surface area contributed by atoms with Gasteiger partial charge in [0.2, 0.25) is 0 Å². The Kier molecular flexibility index (Phi) is 5.34. The van der Waals surface area contributed by atoms with Gasteiger partial charge in [0.25, 0.3) is 5.91 Å². The highest BCUT2D eigenvalue weighted by molar-refractivity contribution is 9.10. The van der Waals surface area contributed by atoms with Crippen LogP contribution in [0.1, 0.15) is 10.4 Å². The van der Waals surface area contributed by atoms with E-state index in [9.17, 15) is 4.79 Å². The van der Waals surface area contributed by atoms with Gasteiger partial charge in [-0.3, -0.25) is 19.7 Å². The molecule has 0 spiro atoms. The summed E-state index contributed by atoms with van der Waals surface area (Å²) in [6, 6.07) is 11.4. The first-order valence-corrected chi connectivity index (χ1v) is 10.4. The zero-order valence-corrected chi connectivity index (χ0v) is 17.9. The van der Waals surface area contributed by atoms with Gasteiger partial charge in [-0.1, -0.05) is 27.3 Å². The van der Waals surface area contributed by atoms with Crippen LogP contribution in [0.5, 0.6) is 0 Å². The maximum atomic E-state index is 13.4. The zero-order chi connectivity index (χ0) is 19.7. The Morgan fingerprint density at radius 3 is 2.54 bits per heavy atom. The molecule has 8 heteroatoms. The van der Waals surface area contributed by atoms with E-state index < -0.39 is 0 Å². The first-order valence-electron chi connectivity index (χ1n) is 8.75. The third kappa shape index (κ3) is 3.89. The molecule has 0 atom stereocenters. The van der Waals surface area contributed by atoms with Crippen LogP contribution in [0.3, 0.4) is 0 Å². The first-order chi connectivity index (χ1) is 13.5. The van der Waals surface area contributed by atoms with E-state index in [0.717, 1.165) is 26.8 Å². The SMILES string of the molecule is CN(C)CCN(C(=O)c1ccc2nccnc2c1)c1nc2ccc(Br)cc2s1. The van der Waals surface area contributed by atoms with Crippen molar-refractivity contribution in [2.24, 2.45) is 0 Å². The number of thiazole rings is 1. The summed E-state index contributed by atoms with van der Waals surface area (Å²) in [5.41, 5.74) is 2.93. The number of nitrogens with zero attached hydrogens (tertiary/aromatic N) is 5. The Bertz CT molecular complexity index is 1160. The van der Waals surface area contributed by atoms with Crippen molar-refractivity contribution in [3.8, 4) is 0 Å². The molecule has 28 heavy (non-hydrogen) atoms. The molecular weight excluding hydrogens is 438 g/mol. The number of aromatic nitrogens is 3. The summed E-state index contributed by atoms with van der Waals surface area (Å²) in [5, 5.41) is 0.694. The number of carbonyl (C=O) groups is 1. The van der Waals surface area contributed by atoms with Gasteiger partial charge >= 0.3 is 0 Å². The van der Waals surface area contributed by atoms with Crippen LogP contribution in [0.4, 0.5) is 5.13 Å². The summed E-state index contributed by atoms with van der Waals surface area (Å²) in [4.78, 5) is 30.4. The molecule has 0 radical (unpaired) electrons. The monoisotopic (exact) mass is 455 g/mol. The number of rotatable bonds is 5. The molecule has 0 aliphatic carbocycles. The van der Waals surface area contributed by atoms with Crippen LogP contribution in [-0.4, -0.2) is 52.9 Å². The number of anilines is 1. The number of carbonyl (C=O) groups excluding carboxylic acids is 1. The minimum Gasteiger partial charge on any atom is -0.308 e. The van der Waals surface area contributed by atoms with Crippen molar-refractivity contribution < 1.29 is 4.79 Å². The van der Waals surface area contributed by atoms with E-state index in [4.69, 9.17) is 4.98 Å². The van der Waals surface area contributed by atoms with E-state index >= 15 is 0 Å². The van der Waals surface area contributed by atoms with Crippen molar-refractivity contribution in [3.05, 3.63) is 58.8 Å². The van der Waals surface area contributed by atoms with Crippen LogP contribution in [-0.2, 0) is 0 Å². The average Bonchev–Trinajstić information content (AvgIpc) is 3.10. The predicted molar refractivity (Wildman–Crippen MR) is 117 cm³/mol. The van der Waals surface area contributed by atoms with E-state index in [0.29, 0.717) is 22.8 Å². The van der Waals surface area contributed by atoms with E-state index in [1.165, 1.54) is 11.3 Å². The number of amides is 1. The van der Waals surface area contributed by atoms with Crippen molar-refractivity contribution in [3.63, 3.8) is 0 Å². The average molecular weight is 456 g/mol. The van der Waals surface area contributed by atoms with Crippen molar-refractivity contribution in [2.75, 3.05) is 32.1 Å². The quantitative estimate of drug-likeness (QED) is 0.450. The normalized spacial score (nSPS) is 11.4. The van der Waals surface area contributed by atoms with E-state index in [1.54, 1.807) is 29.4 Å². The van der Waals surface area contributed by atoms with Crippen molar-refractivity contribution in [1.29, 1.82) is 0 Å². The minimum absolute atomic E-state index is 0.0903. The lowest BCUT2D eigenvalue weighted by Gasteiger charge is -2.22. The van der Waals surface area contributed by atoms with Crippen molar-refractivity contribution >= 4 is 59.6 Å². The molecule has 2 heterocycles. The van der Waals surface area contributed by atoms with Crippen LogP contribution in [0.25, 0.3) is 21.3 Å². The fourth-order valence-corrected chi connectivity index (χ4v) is 4.38. The molecule has 0 aliphatic heterocycles. The summed E-state index contributed by atoms with van der Waals surface area (Å²) in [7, 11) is 3.98. The van der Waals surface area contributed by atoms with Crippen LogP contribution in [0.2, 0.25) is 0 Å². The molecule has 6 nitrogen and oxygen atoms in total. The highest BCUT2D eigenvalue weighted by Gasteiger charge is 2.22. The molecule has 0 saturated heterocycles. The summed E-state index contributed by atoms with van der Waals surface area (Å²) < 4.78 is 2.03. The Hall–Kier alpha value is -2.42. The lowest BCUT2D eigenvalue weighted by molar-refractivity contribution is 0.0985. The second-order valence-electron chi connectivity index (χ2n) is 6.63. The predicted octanol–water partition coefficient (Wildman–Crippen LogP) is 4.21. The molecule has 2 aromatic heterocycles. The molecule has 0 saturated carbocycles. The lowest BCUT2D eigenvalue weighted by atomic mass is 10.1. The molecule has 0 bridgehead atoms. The zero-order valence-electron chi connectivity index (χ0n) is 15.5. The Morgan fingerprint density at radius 1 is 1.00 bits per heavy atom. The molecule has 0 fully saturated rings. The topological polar surface area (TPSA) is 62.2 Å². The molecule has 1 amide bonds. The van der Waals surface area contributed by atoms with E-state index in [2.05, 4.69) is 30.8 Å². The third-order valence-electron chi connectivity index (χ3n) is 4.30. The van der Waals surface area contributed by atoms with Crippen LogP contribution in [0.15, 0.2) is 53.3 Å². The number of hydrogen-bond acceptors (Lipinski definition) is 6. The first kappa shape index (κ1) is 18.9. The number of fused-ring (bicyclic) bond motifs is 2. The standard InChI is InChI=1S/C20H18BrN5OS/c1-25(2)9-10-26(20-24-16-6-4-14(21)12-18(16)28-20)19(27)13-3-5-15-17(11-13)23-8-7-22-15/h3-8,11-12H,9-10H2,1-2H3. The fourth-order valence-electron chi connectivity index (χ4n) is 2.84. The van der Waals surface area contributed by atoms with Gasteiger partial charge < -0.3 is 4.90 Å². The number of likely N-dealkylation sites (N-methyl/N-ethyl adjacent to an activating group) is 1. The highest BCUT2D eigenvalue weighted by Crippen LogP contribution is 2.31. The van der Waals surface area contributed by atoms with Crippen molar-refractivity contribution in [1.82, 2.24) is 19.9 Å². The Labute approximate surface area is 175 Å². The van der Waals surface area contributed by atoms with Gasteiger partial charge in [0.05, 0.1) is 21.3 Å². The molecule has 2 aromatic carbocycles. The summed E-state index contributed by atoms with van der Waals surface area (Å²) in [5.74, 6) is -0.0903. The second kappa shape index (κ2) is 7.90. The smallest absolute Gasteiger partial charge is 0.260 e. The van der Waals surface area contributed by atoms with Crippen LogP contribution in [0, 0.1) is 0 Å². The Morgan fingerprint density at radius 2 is 1.75 bits per heavy atom. The molecule has 0 aliphatic rings. The third-order valence-corrected chi connectivity index (χ3v) is 5.84. The number of halogens is 1. The molecular formula is C20H18BrN5OS. The Balaban J connectivity index is 1.73. The lowest BCUT2D eigenvalue weighted by Crippen LogP contribution is -2.36. The molecule has 4 rings (SSSR count). The number of hydrogen-bond donors (Lipinski definition) is 0. The largest absolute Gasteiger partial charge is 0.308 e. The van der Waals surface area contributed by atoms with Gasteiger partial charge in [0.15, 0.2) is 5.13 Å². The van der Waals surface area contributed by atoms with Crippen LogP contribution >= 0.6 is 27.3 Å². The van der Waals surface area contributed by atoms with Gasteiger partial charge in [-0.15, -0.1) is 0 Å². The summed E-state index contributed by atoms with van der Waals surface area (Å²) in [6.07, 6.45) is 3.28. The van der Waals surface area contributed by atoms with Gasteiger partial charge in [0.1, 0.15) is 0 Å². The maximum absolute atomic E-state index is 13.4. The summed E-state index contributed by atoms with van der Waals surface area (Å²) in [6.45, 7) is 1.28. The second-order valence-corrected chi connectivity index (χ2v) is 8.55. The van der Waals surface area contributed by atoms with E-state index in [1.807, 2.05) is 38.4 Å². The molecule has 0 N–H and O–H groups in total. The summed E-state index contributed by atoms with van der Waals surface area (Å²) >= 11 is 5.01. The maximum Gasteiger partial charge on any atom is 0.260 e. The fraction of sp³-hybridized carbons (Fsp3) is 0.200. The highest BCUT2D eigenvalue weighted by atomic mass is 79.9. The molecule has 4 aromatic rings.